The molecule has 0 bridgehead atoms. The summed E-state index contributed by atoms with van der Waals surface area (Å²) in [5, 5.41) is 4.95. The summed E-state index contributed by atoms with van der Waals surface area (Å²) in [6.07, 6.45) is 7.63. The molecular weight excluding hydrogens is 252 g/mol. The van der Waals surface area contributed by atoms with Gasteiger partial charge in [0, 0.05) is 17.3 Å². The average Bonchev–Trinajstić information content (AvgIpc) is 2.97. The topological polar surface area (TPSA) is 24.9 Å². The molecule has 0 aromatic carbocycles. The predicted molar refractivity (Wildman–Crippen MR) is 83.9 cm³/mol. The first kappa shape index (κ1) is 15.0. The normalized spacial score (nSPS) is 23.1. The van der Waals surface area contributed by atoms with Crippen molar-refractivity contribution in [2.75, 3.05) is 6.54 Å². The fourth-order valence-corrected chi connectivity index (χ4v) is 4.19. The zero-order valence-corrected chi connectivity index (χ0v) is 13.5. The fourth-order valence-electron chi connectivity index (χ4n) is 2.96. The first-order chi connectivity index (χ1) is 9.24. The van der Waals surface area contributed by atoms with Gasteiger partial charge in [-0.3, -0.25) is 0 Å². The van der Waals surface area contributed by atoms with Crippen molar-refractivity contribution >= 4 is 11.3 Å². The van der Waals surface area contributed by atoms with Gasteiger partial charge in [-0.2, -0.15) is 0 Å². The van der Waals surface area contributed by atoms with E-state index in [9.17, 15) is 0 Å². The van der Waals surface area contributed by atoms with Crippen LogP contribution in [0.5, 0.6) is 0 Å². The van der Waals surface area contributed by atoms with E-state index in [1.54, 1.807) is 0 Å². The van der Waals surface area contributed by atoms with Crippen LogP contribution in [0.4, 0.5) is 0 Å². The number of aromatic nitrogens is 1. The van der Waals surface area contributed by atoms with Crippen LogP contribution in [0, 0.1) is 5.92 Å². The molecule has 2 nitrogen and oxygen atoms in total. The van der Waals surface area contributed by atoms with E-state index >= 15 is 0 Å². The summed E-state index contributed by atoms with van der Waals surface area (Å²) in [7, 11) is 0. The van der Waals surface area contributed by atoms with Crippen molar-refractivity contribution in [3.05, 3.63) is 15.6 Å². The Balaban J connectivity index is 2.05. The average molecular weight is 280 g/mol. The van der Waals surface area contributed by atoms with Gasteiger partial charge in [0.15, 0.2) is 0 Å². The van der Waals surface area contributed by atoms with Crippen LogP contribution in [0.25, 0.3) is 0 Å². The molecule has 2 rings (SSSR count). The highest BCUT2D eigenvalue weighted by Gasteiger charge is 2.26. The molecular formula is C16H28N2S. The Labute approximate surface area is 122 Å². The van der Waals surface area contributed by atoms with Gasteiger partial charge in [0.25, 0.3) is 0 Å². The number of rotatable bonds is 7. The van der Waals surface area contributed by atoms with E-state index in [-0.39, 0.29) is 0 Å². The van der Waals surface area contributed by atoms with Crippen molar-refractivity contribution in [1.29, 1.82) is 0 Å². The Bertz CT molecular complexity index is 386. The lowest BCUT2D eigenvalue weighted by Gasteiger charge is -2.04. The standard InChI is InChI=1S/C16H28N2S/c1-4-6-14-15(11-17-9-5-2)19-16(18-14)13-8-7-12(3)10-13/h12-13,17H,4-11H2,1-3H3. The molecule has 1 aliphatic rings. The largest absolute Gasteiger partial charge is 0.312 e. The zero-order valence-electron chi connectivity index (χ0n) is 12.7. The highest BCUT2D eigenvalue weighted by atomic mass is 32.1. The lowest BCUT2D eigenvalue weighted by Crippen LogP contribution is -2.13. The molecule has 1 aromatic rings. The highest BCUT2D eigenvalue weighted by molar-refractivity contribution is 7.11. The minimum absolute atomic E-state index is 0.746. The van der Waals surface area contributed by atoms with Gasteiger partial charge < -0.3 is 5.32 Å². The SMILES string of the molecule is CCCNCc1sc(C2CCC(C)C2)nc1CCC. The number of hydrogen-bond acceptors (Lipinski definition) is 3. The minimum atomic E-state index is 0.746. The summed E-state index contributed by atoms with van der Waals surface area (Å²) in [5.41, 5.74) is 1.37. The van der Waals surface area contributed by atoms with Crippen molar-refractivity contribution in [3.63, 3.8) is 0 Å². The van der Waals surface area contributed by atoms with E-state index in [0.717, 1.165) is 31.3 Å². The molecule has 1 fully saturated rings. The molecule has 0 radical (unpaired) electrons. The minimum Gasteiger partial charge on any atom is -0.312 e. The monoisotopic (exact) mass is 280 g/mol. The third-order valence-electron chi connectivity index (χ3n) is 4.04. The number of nitrogens with zero attached hydrogens (tertiary/aromatic N) is 1. The summed E-state index contributed by atoms with van der Waals surface area (Å²) in [6, 6.07) is 0. The Morgan fingerprint density at radius 1 is 1.26 bits per heavy atom. The van der Waals surface area contributed by atoms with Gasteiger partial charge in [0.05, 0.1) is 10.7 Å². The van der Waals surface area contributed by atoms with E-state index in [1.165, 1.54) is 47.7 Å². The molecule has 1 N–H and O–H groups in total. The van der Waals surface area contributed by atoms with Crippen molar-refractivity contribution in [2.45, 2.75) is 71.8 Å². The summed E-state index contributed by atoms with van der Waals surface area (Å²) in [6.45, 7) is 8.98. The molecule has 108 valence electrons. The van der Waals surface area contributed by atoms with Gasteiger partial charge in [-0.05, 0) is 38.1 Å². The molecule has 0 saturated heterocycles. The second kappa shape index (κ2) is 7.39. The smallest absolute Gasteiger partial charge is 0.0962 e. The van der Waals surface area contributed by atoms with Gasteiger partial charge in [0.2, 0.25) is 0 Å². The lowest BCUT2D eigenvalue weighted by atomic mass is 10.1. The molecule has 2 atom stereocenters. The molecule has 0 aliphatic heterocycles. The van der Waals surface area contributed by atoms with Crippen molar-refractivity contribution in [1.82, 2.24) is 10.3 Å². The molecule has 19 heavy (non-hydrogen) atoms. The van der Waals surface area contributed by atoms with Crippen LogP contribution in [-0.4, -0.2) is 11.5 Å². The third-order valence-corrected chi connectivity index (χ3v) is 5.30. The second-order valence-electron chi connectivity index (χ2n) is 5.96. The van der Waals surface area contributed by atoms with Crippen molar-refractivity contribution in [3.8, 4) is 0 Å². The number of hydrogen-bond donors (Lipinski definition) is 1. The van der Waals surface area contributed by atoms with Crippen molar-refractivity contribution < 1.29 is 0 Å². The van der Waals surface area contributed by atoms with E-state index in [2.05, 4.69) is 26.1 Å². The Morgan fingerprint density at radius 3 is 2.74 bits per heavy atom. The Morgan fingerprint density at radius 2 is 2.11 bits per heavy atom. The number of nitrogens with one attached hydrogen (secondary N) is 1. The van der Waals surface area contributed by atoms with Gasteiger partial charge in [-0.15, -0.1) is 11.3 Å². The molecule has 2 unspecified atom stereocenters. The zero-order chi connectivity index (χ0) is 13.7. The highest BCUT2D eigenvalue weighted by Crippen LogP contribution is 2.40. The maximum atomic E-state index is 4.97. The molecule has 1 saturated carbocycles. The van der Waals surface area contributed by atoms with Crippen LogP contribution in [0.3, 0.4) is 0 Å². The van der Waals surface area contributed by atoms with Crippen LogP contribution in [0.2, 0.25) is 0 Å². The Hall–Kier alpha value is -0.410. The van der Waals surface area contributed by atoms with Crippen LogP contribution < -0.4 is 5.32 Å². The van der Waals surface area contributed by atoms with Gasteiger partial charge >= 0.3 is 0 Å². The molecule has 1 aromatic heterocycles. The van der Waals surface area contributed by atoms with Gasteiger partial charge in [0.1, 0.15) is 0 Å². The first-order valence-electron chi connectivity index (χ1n) is 7.93. The number of aryl methyl sites for hydroxylation is 1. The fraction of sp³-hybridized carbons (Fsp3) is 0.812. The second-order valence-corrected chi connectivity index (χ2v) is 7.08. The maximum absolute atomic E-state index is 4.97. The predicted octanol–water partition coefficient (Wildman–Crippen LogP) is 4.50. The molecule has 1 aliphatic carbocycles. The maximum Gasteiger partial charge on any atom is 0.0962 e. The summed E-state index contributed by atoms with van der Waals surface area (Å²) in [4.78, 5) is 6.46. The van der Waals surface area contributed by atoms with Gasteiger partial charge in [-0.25, -0.2) is 4.98 Å². The summed E-state index contributed by atoms with van der Waals surface area (Å²) < 4.78 is 0. The third kappa shape index (κ3) is 4.03. The van der Waals surface area contributed by atoms with E-state index in [1.807, 2.05) is 11.3 Å². The quantitative estimate of drug-likeness (QED) is 0.744. The van der Waals surface area contributed by atoms with E-state index < -0.39 is 0 Å². The van der Waals surface area contributed by atoms with Crippen LogP contribution >= 0.6 is 11.3 Å². The van der Waals surface area contributed by atoms with Gasteiger partial charge in [-0.1, -0.05) is 33.6 Å². The molecule has 3 heteroatoms. The summed E-state index contributed by atoms with van der Waals surface area (Å²) >= 11 is 1.98. The van der Waals surface area contributed by atoms with Crippen LogP contribution in [-0.2, 0) is 13.0 Å². The summed E-state index contributed by atoms with van der Waals surface area (Å²) in [5.74, 6) is 1.64. The molecule has 1 heterocycles. The van der Waals surface area contributed by atoms with E-state index in [4.69, 9.17) is 4.98 Å². The lowest BCUT2D eigenvalue weighted by molar-refractivity contribution is 0.595. The van der Waals surface area contributed by atoms with Crippen LogP contribution in [0.1, 0.15) is 74.4 Å². The first-order valence-corrected chi connectivity index (χ1v) is 8.75. The van der Waals surface area contributed by atoms with Crippen molar-refractivity contribution in [2.24, 2.45) is 5.92 Å². The molecule has 0 amide bonds. The molecule has 0 spiro atoms. The van der Waals surface area contributed by atoms with Crippen LogP contribution in [0.15, 0.2) is 0 Å². The number of thiazole rings is 1. The van der Waals surface area contributed by atoms with E-state index in [0.29, 0.717) is 0 Å². The Kier molecular flexibility index (Phi) is 5.83.